The van der Waals surface area contributed by atoms with Gasteiger partial charge in [-0.25, -0.2) is 4.79 Å². The van der Waals surface area contributed by atoms with Crippen molar-refractivity contribution in [2.75, 3.05) is 0 Å². The number of ketones is 1. The first-order valence-electron chi connectivity index (χ1n) is 4.92. The molecule has 0 aliphatic rings. The van der Waals surface area contributed by atoms with E-state index in [0.717, 1.165) is 0 Å². The van der Waals surface area contributed by atoms with Crippen molar-refractivity contribution in [2.45, 2.75) is 19.9 Å². The third kappa shape index (κ3) is 1.88. The Kier molecular flexibility index (Phi) is 2.83. The van der Waals surface area contributed by atoms with E-state index in [-0.39, 0.29) is 12.3 Å². The lowest BCUT2D eigenvalue weighted by molar-refractivity contribution is -0.119. The zero-order valence-electron chi connectivity index (χ0n) is 8.70. The summed E-state index contributed by atoms with van der Waals surface area (Å²) in [5.74, 6) is -0.543. The number of carbonyl (C=O) groups excluding carboxylic acids is 1. The molecule has 2 aromatic rings. The number of hydrogen-bond donors (Lipinski definition) is 0. The normalized spacial score (nSPS) is 10.9. The van der Waals surface area contributed by atoms with Crippen LogP contribution in [0, 0.1) is 0 Å². The second-order valence-corrected chi connectivity index (χ2v) is 3.89. The Morgan fingerprint density at radius 3 is 2.94 bits per heavy atom. The Labute approximate surface area is 96.4 Å². The van der Waals surface area contributed by atoms with Gasteiger partial charge in [-0.05, 0) is 12.1 Å². The van der Waals surface area contributed by atoms with E-state index in [0.29, 0.717) is 22.5 Å². The van der Waals surface area contributed by atoms with Crippen molar-refractivity contribution < 1.29 is 9.21 Å². The average molecular weight is 240 g/mol. The maximum absolute atomic E-state index is 11.5. The first-order chi connectivity index (χ1) is 7.61. The van der Waals surface area contributed by atoms with Crippen LogP contribution in [0.3, 0.4) is 0 Å². The van der Waals surface area contributed by atoms with Crippen LogP contribution in [0.5, 0.6) is 0 Å². The van der Waals surface area contributed by atoms with Gasteiger partial charge in [0.2, 0.25) is 0 Å². The van der Waals surface area contributed by atoms with Gasteiger partial charge in [-0.2, -0.15) is 0 Å². The first kappa shape index (κ1) is 11.0. The molecule has 0 aliphatic carbocycles. The molecule has 84 valence electrons. The molecule has 0 radical (unpaired) electrons. The number of Topliss-reactive ketones (excluding diaryl/α,β-unsaturated/α-hetero) is 1. The Balaban J connectivity index is 2.56. The summed E-state index contributed by atoms with van der Waals surface area (Å²) in [7, 11) is 0. The zero-order valence-corrected chi connectivity index (χ0v) is 9.45. The van der Waals surface area contributed by atoms with Gasteiger partial charge in [0.15, 0.2) is 11.4 Å². The van der Waals surface area contributed by atoms with Gasteiger partial charge >= 0.3 is 5.76 Å². The maximum Gasteiger partial charge on any atom is 0.420 e. The molecule has 0 amide bonds. The molecule has 2 rings (SSSR count). The molecule has 1 aromatic carbocycles. The standard InChI is InChI=1S/C11H10ClNO3/c1-2-8(14)6-13-9-4-3-7(12)5-10(9)16-11(13)15/h3-5H,2,6H2,1H3. The van der Waals surface area contributed by atoms with Gasteiger partial charge in [-0.1, -0.05) is 18.5 Å². The van der Waals surface area contributed by atoms with Gasteiger partial charge < -0.3 is 4.42 Å². The van der Waals surface area contributed by atoms with E-state index in [2.05, 4.69) is 0 Å². The number of fused-ring (bicyclic) bond motifs is 1. The molecule has 0 unspecified atom stereocenters. The van der Waals surface area contributed by atoms with Crippen LogP contribution < -0.4 is 5.76 Å². The van der Waals surface area contributed by atoms with E-state index in [1.807, 2.05) is 0 Å². The molecule has 5 heteroatoms. The molecule has 1 heterocycles. The molecule has 0 saturated heterocycles. The van der Waals surface area contributed by atoms with Gasteiger partial charge in [0.05, 0.1) is 12.1 Å². The number of carbonyl (C=O) groups is 1. The summed E-state index contributed by atoms with van der Waals surface area (Å²) in [6.07, 6.45) is 0.396. The van der Waals surface area contributed by atoms with E-state index in [1.54, 1.807) is 25.1 Å². The highest BCUT2D eigenvalue weighted by Crippen LogP contribution is 2.18. The van der Waals surface area contributed by atoms with E-state index >= 15 is 0 Å². The molecule has 16 heavy (non-hydrogen) atoms. The molecule has 0 saturated carbocycles. The highest BCUT2D eigenvalue weighted by molar-refractivity contribution is 6.31. The van der Waals surface area contributed by atoms with Crippen LogP contribution >= 0.6 is 11.6 Å². The summed E-state index contributed by atoms with van der Waals surface area (Å²) in [6, 6.07) is 4.89. The monoisotopic (exact) mass is 239 g/mol. The van der Waals surface area contributed by atoms with Crippen LogP contribution in [0.4, 0.5) is 0 Å². The second-order valence-electron chi connectivity index (χ2n) is 3.46. The largest absolute Gasteiger partial charge is 0.420 e. The van der Waals surface area contributed by atoms with Crippen molar-refractivity contribution in [1.82, 2.24) is 4.57 Å². The highest BCUT2D eigenvalue weighted by atomic mass is 35.5. The van der Waals surface area contributed by atoms with Crippen LogP contribution in [0.15, 0.2) is 27.4 Å². The SMILES string of the molecule is CCC(=O)Cn1c(=O)oc2cc(Cl)ccc21. The molecular weight excluding hydrogens is 230 g/mol. The molecule has 0 bridgehead atoms. The molecule has 0 spiro atoms. The number of nitrogens with zero attached hydrogens (tertiary/aromatic N) is 1. The molecule has 0 aliphatic heterocycles. The van der Waals surface area contributed by atoms with Crippen LogP contribution in [0.2, 0.25) is 5.02 Å². The predicted molar refractivity (Wildman–Crippen MR) is 60.8 cm³/mol. The Morgan fingerprint density at radius 1 is 1.50 bits per heavy atom. The van der Waals surface area contributed by atoms with Crippen molar-refractivity contribution in [3.8, 4) is 0 Å². The number of oxazole rings is 1. The smallest absolute Gasteiger partial charge is 0.408 e. The fraction of sp³-hybridized carbons (Fsp3) is 0.273. The minimum absolute atomic E-state index is 0.0141. The van der Waals surface area contributed by atoms with E-state index in [4.69, 9.17) is 16.0 Å². The summed E-state index contributed by atoms with van der Waals surface area (Å²) >= 11 is 5.78. The minimum atomic E-state index is -0.529. The Bertz CT molecular complexity index is 597. The summed E-state index contributed by atoms with van der Waals surface area (Å²) in [6.45, 7) is 1.80. The van der Waals surface area contributed by atoms with Gasteiger partial charge in [0, 0.05) is 17.5 Å². The van der Waals surface area contributed by atoms with Gasteiger partial charge in [-0.15, -0.1) is 0 Å². The van der Waals surface area contributed by atoms with Crippen LogP contribution in [0.1, 0.15) is 13.3 Å². The molecule has 0 atom stereocenters. The molecular formula is C11H10ClNO3. The minimum Gasteiger partial charge on any atom is -0.408 e. The predicted octanol–water partition coefficient (Wildman–Crippen LogP) is 2.23. The fourth-order valence-electron chi connectivity index (χ4n) is 1.48. The van der Waals surface area contributed by atoms with Crippen LogP contribution in [0.25, 0.3) is 11.1 Å². The highest BCUT2D eigenvalue weighted by Gasteiger charge is 2.11. The van der Waals surface area contributed by atoms with Crippen molar-refractivity contribution in [2.24, 2.45) is 0 Å². The zero-order chi connectivity index (χ0) is 11.7. The van der Waals surface area contributed by atoms with Gasteiger partial charge in [0.25, 0.3) is 0 Å². The number of rotatable bonds is 3. The van der Waals surface area contributed by atoms with E-state index in [1.165, 1.54) is 4.57 Å². The van der Waals surface area contributed by atoms with Crippen molar-refractivity contribution >= 4 is 28.5 Å². The van der Waals surface area contributed by atoms with Crippen LogP contribution in [-0.4, -0.2) is 10.4 Å². The third-order valence-electron chi connectivity index (χ3n) is 2.36. The fourth-order valence-corrected chi connectivity index (χ4v) is 1.64. The second kappa shape index (κ2) is 4.14. The van der Waals surface area contributed by atoms with Gasteiger partial charge in [-0.3, -0.25) is 9.36 Å². The van der Waals surface area contributed by atoms with E-state index < -0.39 is 5.76 Å². The number of halogens is 1. The van der Waals surface area contributed by atoms with E-state index in [9.17, 15) is 9.59 Å². The van der Waals surface area contributed by atoms with Crippen molar-refractivity contribution in [3.05, 3.63) is 33.8 Å². The Hall–Kier alpha value is -1.55. The van der Waals surface area contributed by atoms with Crippen molar-refractivity contribution in [3.63, 3.8) is 0 Å². The summed E-state index contributed by atoms with van der Waals surface area (Å²) < 4.78 is 6.31. The Morgan fingerprint density at radius 2 is 2.25 bits per heavy atom. The quantitative estimate of drug-likeness (QED) is 0.825. The number of hydrogen-bond acceptors (Lipinski definition) is 3. The summed E-state index contributed by atoms with van der Waals surface area (Å²) in [4.78, 5) is 22.8. The summed E-state index contributed by atoms with van der Waals surface area (Å²) in [5.41, 5.74) is 0.998. The number of benzene rings is 1. The molecule has 4 nitrogen and oxygen atoms in total. The molecule has 0 N–H and O–H groups in total. The van der Waals surface area contributed by atoms with Crippen molar-refractivity contribution in [1.29, 1.82) is 0 Å². The number of aromatic nitrogens is 1. The first-order valence-corrected chi connectivity index (χ1v) is 5.30. The van der Waals surface area contributed by atoms with Gasteiger partial charge in [0.1, 0.15) is 0 Å². The lowest BCUT2D eigenvalue weighted by Crippen LogP contribution is -2.19. The third-order valence-corrected chi connectivity index (χ3v) is 2.59. The lowest BCUT2D eigenvalue weighted by Gasteiger charge is -1.99. The van der Waals surface area contributed by atoms with Crippen LogP contribution in [-0.2, 0) is 11.3 Å². The lowest BCUT2D eigenvalue weighted by atomic mass is 10.3. The maximum atomic E-state index is 11.5. The average Bonchev–Trinajstić information content (AvgIpc) is 2.54. The molecule has 0 fully saturated rings. The topological polar surface area (TPSA) is 52.2 Å². The summed E-state index contributed by atoms with van der Waals surface area (Å²) in [5, 5.41) is 0.496. The molecule has 1 aromatic heterocycles.